The second-order valence-electron chi connectivity index (χ2n) is 6.50. The first-order valence-corrected chi connectivity index (χ1v) is 9.63. The topological polar surface area (TPSA) is 66.5 Å². The first kappa shape index (κ1) is 17.7. The smallest absolute Gasteiger partial charge is 0.317 e. The third-order valence-electron chi connectivity index (χ3n) is 4.39. The molecular formula is C16H23FN2O3S. The van der Waals surface area contributed by atoms with Crippen molar-refractivity contribution in [1.82, 2.24) is 10.2 Å². The first-order valence-electron chi connectivity index (χ1n) is 7.57. The van der Waals surface area contributed by atoms with Crippen molar-refractivity contribution in [2.45, 2.75) is 31.2 Å². The zero-order valence-electron chi connectivity index (χ0n) is 13.7. The monoisotopic (exact) mass is 342 g/mol. The molecule has 1 saturated carbocycles. The molecule has 23 heavy (non-hydrogen) atoms. The average Bonchev–Trinajstić information content (AvgIpc) is 3.23. The van der Waals surface area contributed by atoms with Crippen LogP contribution >= 0.6 is 0 Å². The Bertz CT molecular complexity index is 686. The molecule has 0 saturated heterocycles. The molecule has 1 aromatic carbocycles. The summed E-state index contributed by atoms with van der Waals surface area (Å²) in [5.74, 6) is -0.356. The van der Waals surface area contributed by atoms with Gasteiger partial charge >= 0.3 is 6.03 Å². The number of urea groups is 1. The second kappa shape index (κ2) is 6.47. The Morgan fingerprint density at radius 2 is 2.09 bits per heavy atom. The molecule has 0 unspecified atom stereocenters. The number of hydrogen-bond donors (Lipinski definition) is 1. The van der Waals surface area contributed by atoms with Gasteiger partial charge in [0.25, 0.3) is 0 Å². The predicted octanol–water partition coefficient (Wildman–Crippen LogP) is 1.93. The van der Waals surface area contributed by atoms with Crippen molar-refractivity contribution in [3.63, 3.8) is 0 Å². The minimum absolute atomic E-state index is 0.0774. The Morgan fingerprint density at radius 1 is 1.43 bits per heavy atom. The van der Waals surface area contributed by atoms with Gasteiger partial charge in [-0.25, -0.2) is 17.6 Å². The third-order valence-corrected chi connectivity index (χ3v) is 5.48. The lowest BCUT2D eigenvalue weighted by molar-refractivity contribution is 0.197. The van der Waals surface area contributed by atoms with Gasteiger partial charge in [0.2, 0.25) is 0 Å². The lowest BCUT2D eigenvalue weighted by atomic mass is 9.96. The summed E-state index contributed by atoms with van der Waals surface area (Å²) < 4.78 is 36.0. The minimum Gasteiger partial charge on any atom is -0.337 e. The van der Waals surface area contributed by atoms with Crippen LogP contribution in [0.3, 0.4) is 0 Å². The van der Waals surface area contributed by atoms with E-state index >= 15 is 0 Å². The Hall–Kier alpha value is -1.63. The first-order chi connectivity index (χ1) is 10.6. The Kier molecular flexibility index (Phi) is 4.98. The summed E-state index contributed by atoms with van der Waals surface area (Å²) in [5, 5.41) is 2.84. The lowest BCUT2D eigenvalue weighted by Crippen LogP contribution is -2.46. The highest BCUT2D eigenvalue weighted by molar-refractivity contribution is 7.90. The van der Waals surface area contributed by atoms with E-state index < -0.39 is 15.9 Å². The summed E-state index contributed by atoms with van der Waals surface area (Å²) in [6.07, 6.45) is 2.96. The third kappa shape index (κ3) is 4.67. The van der Waals surface area contributed by atoms with Crippen LogP contribution in [0, 0.1) is 5.82 Å². The summed E-state index contributed by atoms with van der Waals surface area (Å²) in [5.41, 5.74) is 0.697. The normalized spacial score (nSPS) is 17.4. The fourth-order valence-corrected chi connectivity index (χ4v) is 3.76. The number of rotatable bonds is 6. The van der Waals surface area contributed by atoms with E-state index in [9.17, 15) is 17.6 Å². The van der Waals surface area contributed by atoms with Gasteiger partial charge in [-0.2, -0.15) is 0 Å². The zero-order chi connectivity index (χ0) is 17.3. The van der Waals surface area contributed by atoms with Gasteiger partial charge in [0.1, 0.15) is 15.7 Å². The fraction of sp³-hybridized carbons (Fsp3) is 0.562. The molecule has 1 aliphatic carbocycles. The predicted molar refractivity (Wildman–Crippen MR) is 87.6 cm³/mol. The number of carbonyl (C=O) groups excluding carboxylic acids is 1. The van der Waals surface area contributed by atoms with E-state index in [1.165, 1.54) is 17.0 Å². The quantitative estimate of drug-likeness (QED) is 0.859. The molecule has 0 spiro atoms. The van der Waals surface area contributed by atoms with Crippen LogP contribution in [-0.2, 0) is 15.3 Å². The highest BCUT2D eigenvalue weighted by atomic mass is 32.2. The summed E-state index contributed by atoms with van der Waals surface area (Å²) in [6.45, 7) is 2.12. The molecule has 128 valence electrons. The van der Waals surface area contributed by atoms with E-state index in [2.05, 4.69) is 5.32 Å². The van der Waals surface area contributed by atoms with Gasteiger partial charge < -0.3 is 10.2 Å². The van der Waals surface area contributed by atoms with Gasteiger partial charge in [0.15, 0.2) is 0 Å². The fourth-order valence-electron chi connectivity index (χ4n) is 2.66. The Balaban J connectivity index is 1.94. The van der Waals surface area contributed by atoms with E-state index in [-0.39, 0.29) is 23.0 Å². The van der Waals surface area contributed by atoms with Gasteiger partial charge in [-0.15, -0.1) is 0 Å². The zero-order valence-corrected chi connectivity index (χ0v) is 14.5. The van der Waals surface area contributed by atoms with Crippen molar-refractivity contribution in [2.75, 3.05) is 25.6 Å². The van der Waals surface area contributed by atoms with Gasteiger partial charge in [0, 0.05) is 31.3 Å². The average molecular weight is 342 g/mol. The standard InChI is InChI=1S/C16H23FN2O3S/c1-12(10-23(3,21)22)19(2)15(20)18-11-16(7-8-16)13-5-4-6-14(17)9-13/h4-6,9,12H,7-8,10-11H2,1-3H3,(H,18,20)/t12-/m1/s1. The molecule has 0 aromatic heterocycles. The van der Waals surface area contributed by atoms with Gasteiger partial charge in [-0.1, -0.05) is 12.1 Å². The van der Waals surface area contributed by atoms with Crippen LogP contribution in [0.25, 0.3) is 0 Å². The van der Waals surface area contributed by atoms with Gasteiger partial charge in [-0.3, -0.25) is 0 Å². The maximum absolute atomic E-state index is 13.4. The highest BCUT2D eigenvalue weighted by Crippen LogP contribution is 2.47. The molecule has 2 amide bonds. The second-order valence-corrected chi connectivity index (χ2v) is 8.69. The van der Waals surface area contributed by atoms with E-state index in [1.54, 1.807) is 20.0 Å². The molecule has 1 fully saturated rings. The highest BCUT2D eigenvalue weighted by Gasteiger charge is 2.44. The molecule has 0 bridgehead atoms. The molecule has 1 aromatic rings. The van der Waals surface area contributed by atoms with Crippen molar-refractivity contribution in [3.8, 4) is 0 Å². The van der Waals surface area contributed by atoms with Crippen LogP contribution in [0.2, 0.25) is 0 Å². The molecule has 0 radical (unpaired) electrons. The lowest BCUT2D eigenvalue weighted by Gasteiger charge is -2.26. The van der Waals surface area contributed by atoms with Crippen LogP contribution in [0.4, 0.5) is 9.18 Å². The van der Waals surface area contributed by atoms with Crippen LogP contribution in [0.5, 0.6) is 0 Å². The molecule has 5 nitrogen and oxygen atoms in total. The molecule has 1 N–H and O–H groups in total. The van der Waals surface area contributed by atoms with Gasteiger partial charge in [-0.05, 0) is 37.5 Å². The molecule has 0 heterocycles. The Labute approximate surface area is 136 Å². The number of amides is 2. The minimum atomic E-state index is -3.14. The molecule has 7 heteroatoms. The van der Waals surface area contributed by atoms with E-state index in [1.807, 2.05) is 6.07 Å². The van der Waals surface area contributed by atoms with Crippen molar-refractivity contribution in [1.29, 1.82) is 0 Å². The molecule has 0 aliphatic heterocycles. The van der Waals surface area contributed by atoms with Crippen LogP contribution in [0.1, 0.15) is 25.3 Å². The van der Waals surface area contributed by atoms with Crippen LogP contribution in [-0.4, -0.2) is 51.0 Å². The van der Waals surface area contributed by atoms with Crippen LogP contribution in [0.15, 0.2) is 24.3 Å². The molecule has 2 rings (SSSR count). The number of nitrogens with zero attached hydrogens (tertiary/aromatic N) is 1. The molecular weight excluding hydrogens is 319 g/mol. The molecule has 1 atom stereocenters. The van der Waals surface area contributed by atoms with Crippen molar-refractivity contribution < 1.29 is 17.6 Å². The number of benzene rings is 1. The SMILES string of the molecule is C[C@H](CS(C)(=O)=O)N(C)C(=O)NCC1(c2cccc(F)c2)CC1. The number of nitrogens with one attached hydrogen (secondary N) is 1. The van der Waals surface area contributed by atoms with Crippen molar-refractivity contribution in [3.05, 3.63) is 35.6 Å². The van der Waals surface area contributed by atoms with Crippen molar-refractivity contribution >= 4 is 15.9 Å². The van der Waals surface area contributed by atoms with Crippen LogP contribution < -0.4 is 5.32 Å². The number of halogens is 1. The van der Waals surface area contributed by atoms with Gasteiger partial charge in [0.05, 0.1) is 5.75 Å². The maximum atomic E-state index is 13.4. The van der Waals surface area contributed by atoms with E-state index in [4.69, 9.17) is 0 Å². The van der Waals surface area contributed by atoms with E-state index in [0.29, 0.717) is 6.54 Å². The summed E-state index contributed by atoms with van der Waals surface area (Å²) in [7, 11) is -1.57. The summed E-state index contributed by atoms with van der Waals surface area (Å²) >= 11 is 0. The largest absolute Gasteiger partial charge is 0.337 e. The van der Waals surface area contributed by atoms with E-state index in [0.717, 1.165) is 24.7 Å². The number of sulfone groups is 1. The Morgan fingerprint density at radius 3 is 2.61 bits per heavy atom. The molecule has 1 aliphatic rings. The number of carbonyl (C=O) groups is 1. The summed E-state index contributed by atoms with van der Waals surface area (Å²) in [4.78, 5) is 13.6. The summed E-state index contributed by atoms with van der Waals surface area (Å²) in [6, 6.07) is 5.73. The van der Waals surface area contributed by atoms with Crippen molar-refractivity contribution in [2.24, 2.45) is 0 Å². The maximum Gasteiger partial charge on any atom is 0.317 e. The number of hydrogen-bond acceptors (Lipinski definition) is 3.